The molecular weight excluding hydrogens is 325 g/mol. The molecule has 1 aromatic carbocycles. The van der Waals surface area contributed by atoms with Crippen molar-refractivity contribution in [3.05, 3.63) is 23.8 Å². The van der Waals surface area contributed by atoms with E-state index < -0.39 is 21.6 Å². The second-order valence-corrected chi connectivity index (χ2v) is 8.20. The first-order valence-electron chi connectivity index (χ1n) is 6.18. The third-order valence-electron chi connectivity index (χ3n) is 3.27. The van der Waals surface area contributed by atoms with E-state index in [1.54, 1.807) is 0 Å². The van der Waals surface area contributed by atoms with Crippen molar-refractivity contribution in [3.63, 3.8) is 0 Å². The minimum atomic E-state index is -4.40. The number of rotatable bonds is 2. The van der Waals surface area contributed by atoms with E-state index >= 15 is 0 Å². The predicted molar refractivity (Wildman–Crippen MR) is 75.3 cm³/mol. The molecule has 1 unspecified atom stereocenters. The predicted octanol–water partition coefficient (Wildman–Crippen LogP) is 2.91. The van der Waals surface area contributed by atoms with Crippen molar-refractivity contribution in [2.24, 2.45) is 0 Å². The molecule has 1 saturated heterocycles. The molecule has 0 saturated carbocycles. The fourth-order valence-electron chi connectivity index (χ4n) is 2.25. The molecule has 1 aliphatic heterocycles. The van der Waals surface area contributed by atoms with Crippen LogP contribution in [0.5, 0.6) is 0 Å². The molecule has 0 aliphatic carbocycles. The van der Waals surface area contributed by atoms with Crippen molar-refractivity contribution in [1.29, 1.82) is 0 Å². The average molecular weight is 336 g/mol. The highest BCUT2D eigenvalue weighted by Gasteiger charge is 2.31. The summed E-state index contributed by atoms with van der Waals surface area (Å²) in [4.78, 5) is 4.11. The number of nitrogens with zero attached hydrogens (tertiary/aromatic N) is 1. The number of anilines is 1. The third-order valence-corrected chi connectivity index (χ3v) is 6.01. The van der Waals surface area contributed by atoms with Gasteiger partial charge in [-0.25, -0.2) is 13.4 Å². The van der Waals surface area contributed by atoms with Crippen LogP contribution in [0.1, 0.15) is 12.0 Å². The van der Waals surface area contributed by atoms with Gasteiger partial charge in [-0.2, -0.15) is 13.2 Å². The van der Waals surface area contributed by atoms with E-state index in [0.29, 0.717) is 16.3 Å². The smallest absolute Gasteiger partial charge is 0.358 e. The number of sulfone groups is 1. The Morgan fingerprint density at radius 2 is 2.10 bits per heavy atom. The number of alkyl halides is 3. The Morgan fingerprint density at radius 1 is 1.33 bits per heavy atom. The van der Waals surface area contributed by atoms with Gasteiger partial charge in [0.05, 0.1) is 27.3 Å². The highest BCUT2D eigenvalue weighted by Crippen LogP contribution is 2.34. The lowest BCUT2D eigenvalue weighted by atomic mass is 10.2. The first kappa shape index (κ1) is 14.6. The molecule has 1 atom stereocenters. The van der Waals surface area contributed by atoms with Gasteiger partial charge in [-0.1, -0.05) is 11.3 Å². The van der Waals surface area contributed by atoms with Gasteiger partial charge in [-0.05, 0) is 24.6 Å². The van der Waals surface area contributed by atoms with Crippen LogP contribution in [0.2, 0.25) is 0 Å². The van der Waals surface area contributed by atoms with E-state index in [1.807, 2.05) is 0 Å². The maximum Gasteiger partial charge on any atom is 0.416 e. The van der Waals surface area contributed by atoms with Gasteiger partial charge in [-0.3, -0.25) is 0 Å². The topological polar surface area (TPSA) is 59.1 Å². The zero-order chi connectivity index (χ0) is 15.3. The molecule has 4 nitrogen and oxygen atoms in total. The third kappa shape index (κ3) is 3.13. The Balaban J connectivity index is 1.85. The normalized spacial score (nSPS) is 21.8. The Bertz CT molecular complexity index is 783. The largest absolute Gasteiger partial charge is 0.416 e. The molecule has 9 heteroatoms. The van der Waals surface area contributed by atoms with E-state index in [4.69, 9.17) is 0 Å². The van der Waals surface area contributed by atoms with E-state index in [2.05, 4.69) is 10.3 Å². The molecule has 1 N–H and O–H groups in total. The van der Waals surface area contributed by atoms with E-state index in [0.717, 1.165) is 12.1 Å². The average Bonchev–Trinajstić information content (AvgIpc) is 2.90. The van der Waals surface area contributed by atoms with Gasteiger partial charge in [-0.15, -0.1) is 0 Å². The lowest BCUT2D eigenvalue weighted by molar-refractivity contribution is -0.137. The minimum absolute atomic E-state index is 0.0384. The Kier molecular flexibility index (Phi) is 3.36. The molecule has 2 aromatic rings. The summed E-state index contributed by atoms with van der Waals surface area (Å²) in [5.74, 6) is 0.171. The van der Waals surface area contributed by atoms with Gasteiger partial charge in [0.15, 0.2) is 15.0 Å². The van der Waals surface area contributed by atoms with Gasteiger partial charge < -0.3 is 5.32 Å². The SMILES string of the molecule is O=S1(=O)CCC(Nc2nc3cc(C(F)(F)F)ccc3s2)C1. The van der Waals surface area contributed by atoms with Crippen molar-refractivity contribution >= 4 is 36.5 Å². The summed E-state index contributed by atoms with van der Waals surface area (Å²) in [6, 6.07) is 3.18. The number of nitrogens with one attached hydrogen (secondary N) is 1. The summed E-state index contributed by atoms with van der Waals surface area (Å²) in [6.45, 7) is 0. The molecule has 1 aliphatic rings. The van der Waals surface area contributed by atoms with Crippen LogP contribution in [0, 0.1) is 0 Å². The van der Waals surface area contributed by atoms with Crippen molar-refractivity contribution < 1.29 is 21.6 Å². The van der Waals surface area contributed by atoms with E-state index in [1.165, 1.54) is 17.4 Å². The Hall–Kier alpha value is -1.35. The van der Waals surface area contributed by atoms with Crippen molar-refractivity contribution in [2.75, 3.05) is 16.8 Å². The zero-order valence-corrected chi connectivity index (χ0v) is 12.3. The van der Waals surface area contributed by atoms with Gasteiger partial charge in [0.2, 0.25) is 0 Å². The molecule has 1 aromatic heterocycles. The van der Waals surface area contributed by atoms with Gasteiger partial charge in [0.1, 0.15) is 0 Å². The van der Waals surface area contributed by atoms with E-state index in [9.17, 15) is 21.6 Å². The van der Waals surface area contributed by atoms with Crippen LogP contribution in [0.3, 0.4) is 0 Å². The summed E-state index contributed by atoms with van der Waals surface area (Å²) in [7, 11) is -3.01. The number of thiazole rings is 1. The molecule has 0 spiro atoms. The Morgan fingerprint density at radius 3 is 2.71 bits per heavy atom. The van der Waals surface area contributed by atoms with Gasteiger partial charge >= 0.3 is 6.18 Å². The standard InChI is InChI=1S/C12H11F3N2O2S2/c13-12(14,15)7-1-2-10-9(5-7)17-11(20-10)16-8-3-4-21(18,19)6-8/h1-2,5,8H,3-4,6H2,(H,16,17). The fraction of sp³-hybridized carbons (Fsp3) is 0.417. The Labute approximate surface area is 122 Å². The monoisotopic (exact) mass is 336 g/mol. The molecule has 3 rings (SSSR count). The van der Waals surface area contributed by atoms with E-state index in [-0.39, 0.29) is 23.1 Å². The highest BCUT2D eigenvalue weighted by atomic mass is 32.2. The number of aromatic nitrogens is 1. The molecule has 0 radical (unpaired) electrons. The first-order valence-corrected chi connectivity index (χ1v) is 8.81. The van der Waals surface area contributed by atoms with Crippen LogP contribution in [0.4, 0.5) is 18.3 Å². The molecule has 114 valence electrons. The van der Waals surface area contributed by atoms with Crippen molar-refractivity contribution in [1.82, 2.24) is 4.98 Å². The van der Waals surface area contributed by atoms with Gasteiger partial charge in [0, 0.05) is 6.04 Å². The van der Waals surface area contributed by atoms with Crippen LogP contribution in [0.15, 0.2) is 18.2 Å². The summed E-state index contributed by atoms with van der Waals surface area (Å²) in [5.41, 5.74) is -0.478. The van der Waals surface area contributed by atoms with Crippen molar-refractivity contribution in [3.8, 4) is 0 Å². The number of hydrogen-bond donors (Lipinski definition) is 1. The summed E-state index contributed by atoms with van der Waals surface area (Å²) in [5, 5.41) is 3.44. The van der Waals surface area contributed by atoms with Crippen LogP contribution in [-0.2, 0) is 16.0 Å². The van der Waals surface area contributed by atoms with Crippen LogP contribution in [-0.4, -0.2) is 30.9 Å². The number of hydrogen-bond acceptors (Lipinski definition) is 5. The molecule has 2 heterocycles. The first-order chi connectivity index (χ1) is 9.73. The zero-order valence-electron chi connectivity index (χ0n) is 10.6. The minimum Gasteiger partial charge on any atom is -0.358 e. The fourth-order valence-corrected chi connectivity index (χ4v) is 4.85. The van der Waals surface area contributed by atoms with Crippen LogP contribution >= 0.6 is 11.3 Å². The molecule has 0 bridgehead atoms. The molecule has 21 heavy (non-hydrogen) atoms. The number of benzene rings is 1. The summed E-state index contributed by atoms with van der Waals surface area (Å²) < 4.78 is 61.3. The van der Waals surface area contributed by atoms with Crippen LogP contribution < -0.4 is 5.32 Å². The lowest BCUT2D eigenvalue weighted by Crippen LogP contribution is -2.20. The number of fused-ring (bicyclic) bond motifs is 1. The van der Waals surface area contributed by atoms with Crippen LogP contribution in [0.25, 0.3) is 10.2 Å². The maximum atomic E-state index is 12.6. The molecular formula is C12H11F3N2O2S2. The quantitative estimate of drug-likeness (QED) is 0.916. The van der Waals surface area contributed by atoms with Gasteiger partial charge in [0.25, 0.3) is 0 Å². The summed E-state index contributed by atoms with van der Waals surface area (Å²) in [6.07, 6.45) is -3.91. The highest BCUT2D eigenvalue weighted by molar-refractivity contribution is 7.91. The maximum absolute atomic E-state index is 12.6. The molecule has 0 amide bonds. The lowest BCUT2D eigenvalue weighted by Gasteiger charge is -2.07. The second-order valence-electron chi connectivity index (χ2n) is 4.94. The van der Waals surface area contributed by atoms with Crippen molar-refractivity contribution in [2.45, 2.75) is 18.6 Å². The molecule has 1 fully saturated rings. The second kappa shape index (κ2) is 4.84. The summed E-state index contributed by atoms with van der Waals surface area (Å²) >= 11 is 1.22. The number of halogens is 3.